The van der Waals surface area contributed by atoms with Gasteiger partial charge in [0.1, 0.15) is 0 Å². The molecule has 0 amide bonds. The summed E-state index contributed by atoms with van der Waals surface area (Å²) in [6.07, 6.45) is 10.5. The van der Waals surface area contributed by atoms with Gasteiger partial charge in [-0.1, -0.05) is 62.4 Å². The first-order chi connectivity index (χ1) is 12.5. The number of rotatable bonds is 1. The summed E-state index contributed by atoms with van der Waals surface area (Å²) in [5.41, 5.74) is 4.96. The smallest absolute Gasteiger partial charge is 0.163 e. The summed E-state index contributed by atoms with van der Waals surface area (Å²) in [5.74, 6) is 0. The molecule has 0 aliphatic heterocycles. The maximum atomic E-state index is 6.29. The first-order valence-corrected chi connectivity index (χ1v) is 9.01. The summed E-state index contributed by atoms with van der Waals surface area (Å²) in [6, 6.07) is 10.1. The second kappa shape index (κ2) is 6.26. The fourth-order valence-corrected chi connectivity index (χ4v) is 3.63. The van der Waals surface area contributed by atoms with Gasteiger partial charge < -0.3 is 0 Å². The highest BCUT2D eigenvalue weighted by atomic mass is 35.5. The van der Waals surface area contributed by atoms with Crippen LogP contribution in [0.5, 0.6) is 0 Å². The first-order valence-electron chi connectivity index (χ1n) is 8.63. The average molecular weight is 362 g/mol. The van der Waals surface area contributed by atoms with Crippen molar-refractivity contribution in [1.82, 2.24) is 14.8 Å². The molecule has 1 aliphatic carbocycles. The van der Waals surface area contributed by atoms with Crippen molar-refractivity contribution >= 4 is 22.6 Å². The van der Waals surface area contributed by atoms with Gasteiger partial charge in [0, 0.05) is 22.0 Å². The minimum atomic E-state index is -0.257. The number of nitrogens with zero attached hydrogens (tertiary/aromatic N) is 3. The minimum Gasteiger partial charge on any atom is -0.236 e. The van der Waals surface area contributed by atoms with Crippen LogP contribution in [0.1, 0.15) is 25.0 Å². The van der Waals surface area contributed by atoms with Gasteiger partial charge in [0.15, 0.2) is 5.65 Å². The molecule has 0 radical (unpaired) electrons. The molecule has 1 aliphatic rings. The summed E-state index contributed by atoms with van der Waals surface area (Å²) in [7, 11) is 0. The van der Waals surface area contributed by atoms with Crippen molar-refractivity contribution in [2.45, 2.75) is 25.7 Å². The van der Waals surface area contributed by atoms with E-state index in [2.05, 4.69) is 25.5 Å². The Bertz CT molecular complexity index is 1060. The molecule has 0 fully saturated rings. The average Bonchev–Trinajstić information content (AvgIpc) is 3.08. The summed E-state index contributed by atoms with van der Waals surface area (Å²) < 4.78 is 1.89. The van der Waals surface area contributed by atoms with E-state index in [1.807, 2.05) is 65.6 Å². The second-order valence-electron chi connectivity index (χ2n) is 7.06. The molecule has 0 spiro atoms. The summed E-state index contributed by atoms with van der Waals surface area (Å²) in [4.78, 5) is 4.73. The SMILES string of the molecule is C=C1/C=C\C(Cl)=C/Cc2cnc3c(cnn3-c3ccccc3)c2C1(C)C. The van der Waals surface area contributed by atoms with Crippen molar-refractivity contribution in [2.75, 3.05) is 0 Å². The topological polar surface area (TPSA) is 30.7 Å². The quantitative estimate of drug-likeness (QED) is 0.573. The molecule has 0 saturated heterocycles. The summed E-state index contributed by atoms with van der Waals surface area (Å²) in [6.45, 7) is 8.68. The molecule has 0 N–H and O–H groups in total. The fraction of sp³-hybridized carbons (Fsp3) is 0.182. The predicted molar refractivity (Wildman–Crippen MR) is 108 cm³/mol. The predicted octanol–water partition coefficient (Wildman–Crippen LogP) is 5.49. The van der Waals surface area contributed by atoms with Crippen LogP contribution in [0.15, 0.2) is 78.1 Å². The number of para-hydroxylation sites is 1. The maximum Gasteiger partial charge on any atom is 0.163 e. The molecule has 3 nitrogen and oxygen atoms in total. The van der Waals surface area contributed by atoms with E-state index in [0.717, 1.165) is 39.3 Å². The molecule has 4 rings (SSSR count). The van der Waals surface area contributed by atoms with Crippen LogP contribution in [0, 0.1) is 0 Å². The molecular weight excluding hydrogens is 342 g/mol. The monoisotopic (exact) mass is 361 g/mol. The zero-order valence-corrected chi connectivity index (χ0v) is 15.7. The highest BCUT2D eigenvalue weighted by Gasteiger charge is 2.30. The molecule has 0 atom stereocenters. The number of pyridine rings is 1. The zero-order valence-electron chi connectivity index (χ0n) is 14.9. The molecule has 1 aromatic carbocycles. The third-order valence-corrected chi connectivity index (χ3v) is 5.35. The Balaban J connectivity index is 2.00. The normalized spacial score (nSPS) is 19.8. The molecule has 0 saturated carbocycles. The van der Waals surface area contributed by atoms with Gasteiger partial charge in [-0.15, -0.1) is 0 Å². The molecule has 4 heteroatoms. The number of hydrogen-bond acceptors (Lipinski definition) is 2. The first kappa shape index (κ1) is 16.8. The standard InChI is InChI=1S/C22H20ClN3/c1-15-9-11-17(23)12-10-16-13-24-21-19(20(16)22(15,2)3)14-25-26(21)18-7-5-4-6-8-18/h4-9,11-14H,1,10H2,2-3H3/b11-9-,17-12+. The third kappa shape index (κ3) is 2.69. The van der Waals surface area contributed by atoms with E-state index in [4.69, 9.17) is 16.6 Å². The largest absolute Gasteiger partial charge is 0.236 e. The van der Waals surface area contributed by atoms with Crippen LogP contribution < -0.4 is 0 Å². The van der Waals surface area contributed by atoms with Crippen LogP contribution >= 0.6 is 11.6 Å². The van der Waals surface area contributed by atoms with Gasteiger partial charge in [0.05, 0.1) is 11.9 Å². The maximum absolute atomic E-state index is 6.29. The number of hydrogen-bond donors (Lipinski definition) is 0. The third-order valence-electron chi connectivity index (χ3n) is 5.07. The van der Waals surface area contributed by atoms with Crippen molar-refractivity contribution in [2.24, 2.45) is 0 Å². The van der Waals surface area contributed by atoms with Crippen LogP contribution in [-0.2, 0) is 11.8 Å². The highest BCUT2D eigenvalue weighted by Crippen LogP contribution is 2.39. The minimum absolute atomic E-state index is 0.257. The molecular formula is C22H20ClN3. The van der Waals surface area contributed by atoms with Crippen LogP contribution in [0.3, 0.4) is 0 Å². The van der Waals surface area contributed by atoms with Gasteiger partial charge in [0.2, 0.25) is 0 Å². The molecule has 26 heavy (non-hydrogen) atoms. The lowest BCUT2D eigenvalue weighted by molar-refractivity contribution is 0.640. The van der Waals surface area contributed by atoms with E-state index >= 15 is 0 Å². The van der Waals surface area contributed by atoms with E-state index in [0.29, 0.717) is 0 Å². The zero-order chi connectivity index (χ0) is 18.3. The summed E-state index contributed by atoms with van der Waals surface area (Å²) >= 11 is 6.29. The van der Waals surface area contributed by atoms with E-state index in [9.17, 15) is 0 Å². The van der Waals surface area contributed by atoms with E-state index in [1.54, 1.807) is 0 Å². The number of fused-ring (bicyclic) bond motifs is 3. The Labute approximate surface area is 158 Å². The second-order valence-corrected chi connectivity index (χ2v) is 7.50. The van der Waals surface area contributed by atoms with Crippen molar-refractivity contribution < 1.29 is 0 Å². The lowest BCUT2D eigenvalue weighted by atomic mass is 9.75. The summed E-state index contributed by atoms with van der Waals surface area (Å²) in [5, 5.41) is 6.39. The van der Waals surface area contributed by atoms with Crippen molar-refractivity contribution in [3.05, 3.63) is 89.3 Å². The molecule has 3 aromatic rings. The number of halogens is 1. The van der Waals surface area contributed by atoms with E-state index in [1.165, 1.54) is 5.56 Å². The van der Waals surface area contributed by atoms with Gasteiger partial charge in [-0.2, -0.15) is 5.10 Å². The van der Waals surface area contributed by atoms with Gasteiger partial charge in [-0.05, 0) is 41.3 Å². The van der Waals surface area contributed by atoms with Gasteiger partial charge in [0.25, 0.3) is 0 Å². The molecule has 130 valence electrons. The van der Waals surface area contributed by atoms with Crippen LogP contribution in [-0.4, -0.2) is 14.8 Å². The molecule has 0 unspecified atom stereocenters. The van der Waals surface area contributed by atoms with Gasteiger partial charge in [-0.25, -0.2) is 9.67 Å². The Hall–Kier alpha value is -2.65. The highest BCUT2D eigenvalue weighted by molar-refractivity contribution is 6.31. The number of benzene rings is 1. The van der Waals surface area contributed by atoms with Gasteiger partial charge >= 0.3 is 0 Å². The molecule has 0 bridgehead atoms. The molecule has 2 heterocycles. The number of aromatic nitrogens is 3. The Morgan fingerprint density at radius 2 is 1.88 bits per heavy atom. The van der Waals surface area contributed by atoms with E-state index < -0.39 is 0 Å². The number of allylic oxidation sites excluding steroid dienone is 5. The van der Waals surface area contributed by atoms with Crippen molar-refractivity contribution in [3.8, 4) is 5.69 Å². The van der Waals surface area contributed by atoms with Crippen molar-refractivity contribution in [3.63, 3.8) is 0 Å². The van der Waals surface area contributed by atoms with Crippen LogP contribution in [0.2, 0.25) is 0 Å². The lowest BCUT2D eigenvalue weighted by Gasteiger charge is -2.29. The fourth-order valence-electron chi connectivity index (χ4n) is 3.49. The van der Waals surface area contributed by atoms with E-state index in [-0.39, 0.29) is 5.41 Å². The van der Waals surface area contributed by atoms with Gasteiger partial charge in [-0.3, -0.25) is 0 Å². The molecule has 2 aromatic heterocycles. The van der Waals surface area contributed by atoms with Crippen LogP contribution in [0.25, 0.3) is 16.7 Å². The van der Waals surface area contributed by atoms with Crippen molar-refractivity contribution in [1.29, 1.82) is 0 Å². The lowest BCUT2D eigenvalue weighted by Crippen LogP contribution is -2.21. The Kier molecular flexibility index (Phi) is 4.04. The Morgan fingerprint density at radius 3 is 2.65 bits per heavy atom. The Morgan fingerprint density at radius 1 is 1.12 bits per heavy atom. The van der Waals surface area contributed by atoms with Crippen LogP contribution in [0.4, 0.5) is 0 Å².